The Bertz CT molecular complexity index is 991. The molecule has 0 saturated heterocycles. The van der Waals surface area contributed by atoms with Crippen LogP contribution in [0.25, 0.3) is 0 Å². The van der Waals surface area contributed by atoms with E-state index in [9.17, 15) is 0 Å². The Morgan fingerprint density at radius 3 is 0.432 bits per heavy atom. The van der Waals surface area contributed by atoms with Gasteiger partial charge in [0.15, 0.2) is 0 Å². The molecule has 0 aliphatic heterocycles. The molecule has 0 radical (unpaired) electrons. The van der Waals surface area contributed by atoms with Gasteiger partial charge in [-0.1, -0.05) is 386 Å². The lowest BCUT2D eigenvalue weighted by Gasteiger charge is -2.24. The minimum Gasteiger partial charge on any atom is -0.299 e. The molecule has 438 valence electrons. The Hall–Kier alpha value is -0.860. The minimum atomic E-state index is 1.14. The van der Waals surface area contributed by atoms with Gasteiger partial charge in [0.25, 0.3) is 0 Å². The average molecular weight is 1030 g/mol. The quantitative estimate of drug-likeness (QED) is 0.0600. The van der Waals surface area contributed by atoms with Crippen molar-refractivity contribution in [1.29, 1.82) is 0 Å². The summed E-state index contributed by atoms with van der Waals surface area (Å²) in [6.07, 6.45) is 80.8. The van der Waals surface area contributed by atoms with Crippen LogP contribution in [0.4, 0.5) is 0 Å². The number of hydrogen-bond acceptors (Lipinski definition) is 2. The molecule has 0 N–H and O–H groups in total. The van der Waals surface area contributed by atoms with Gasteiger partial charge in [0.05, 0.1) is 0 Å². The summed E-state index contributed by atoms with van der Waals surface area (Å²) in [5, 5.41) is 0. The van der Waals surface area contributed by atoms with Crippen molar-refractivity contribution in [1.82, 2.24) is 9.80 Å². The molecule has 2 heteroatoms. The Morgan fingerprint density at radius 1 is 0.176 bits per heavy atom. The van der Waals surface area contributed by atoms with Crippen LogP contribution in [0.3, 0.4) is 0 Å². The average Bonchev–Trinajstić information content (AvgIpc) is 3.41. The molecule has 1 aromatic carbocycles. The summed E-state index contributed by atoms with van der Waals surface area (Å²) < 4.78 is 0. The summed E-state index contributed by atoms with van der Waals surface area (Å²) >= 11 is 0. The zero-order valence-electron chi connectivity index (χ0n) is 52.0. The van der Waals surface area contributed by atoms with Crippen LogP contribution in [0.1, 0.15) is 398 Å². The summed E-state index contributed by atoms with van der Waals surface area (Å²) in [6, 6.07) is 10.0. The van der Waals surface area contributed by atoms with Gasteiger partial charge < -0.3 is 0 Å². The van der Waals surface area contributed by atoms with Crippen molar-refractivity contribution in [3.63, 3.8) is 0 Å². The summed E-state index contributed by atoms with van der Waals surface area (Å²) in [5.41, 5.74) is 3.07. The summed E-state index contributed by atoms with van der Waals surface area (Å²) in [6.45, 7) is 16.7. The van der Waals surface area contributed by atoms with Crippen LogP contribution in [0.2, 0.25) is 0 Å². The first-order valence-corrected chi connectivity index (χ1v) is 35.3. The predicted octanol–water partition coefficient (Wildman–Crippen LogP) is 25.2. The van der Waals surface area contributed by atoms with E-state index in [-0.39, 0.29) is 0 Å². The van der Waals surface area contributed by atoms with E-state index >= 15 is 0 Å². The maximum absolute atomic E-state index is 2.84. The molecule has 74 heavy (non-hydrogen) atoms. The highest BCUT2D eigenvalue weighted by Gasteiger charge is 2.10. The Kier molecular flexibility index (Phi) is 59.0. The normalized spacial score (nSPS) is 11.9. The van der Waals surface area contributed by atoms with E-state index in [0.29, 0.717) is 0 Å². The Morgan fingerprint density at radius 2 is 0.297 bits per heavy atom. The van der Waals surface area contributed by atoms with Crippen molar-refractivity contribution in [2.45, 2.75) is 400 Å². The van der Waals surface area contributed by atoms with Gasteiger partial charge in [0.2, 0.25) is 0 Å². The molecule has 0 aliphatic carbocycles. The first-order valence-electron chi connectivity index (χ1n) is 35.3. The standard InChI is InChI=1S/C72H140N2/c1-5-9-13-17-21-25-29-33-37-41-45-49-53-57-65-73(66-58-54-50-46-42-38-34-30-26-22-18-14-10-6-2)69-71-61-63-72(64-62-71)70-74(67-59-55-51-47-43-39-35-31-27-23-19-15-11-7-3)68-60-56-52-48-44-40-36-32-28-24-20-16-12-8-4/h61-64H,5-60,65-70H2,1-4H3. The fourth-order valence-electron chi connectivity index (χ4n) is 11.9. The van der Waals surface area contributed by atoms with Gasteiger partial charge in [0.1, 0.15) is 0 Å². The lowest BCUT2D eigenvalue weighted by Crippen LogP contribution is -2.26. The summed E-state index contributed by atoms with van der Waals surface area (Å²) in [5.74, 6) is 0. The maximum atomic E-state index is 2.84. The summed E-state index contributed by atoms with van der Waals surface area (Å²) in [4.78, 5) is 5.68. The molecule has 0 heterocycles. The van der Waals surface area contributed by atoms with E-state index in [1.54, 1.807) is 0 Å². The van der Waals surface area contributed by atoms with Gasteiger partial charge in [-0.25, -0.2) is 0 Å². The van der Waals surface area contributed by atoms with Crippen molar-refractivity contribution < 1.29 is 0 Å². The molecule has 1 aromatic rings. The van der Waals surface area contributed by atoms with Gasteiger partial charge >= 0.3 is 0 Å². The highest BCUT2D eigenvalue weighted by molar-refractivity contribution is 5.22. The zero-order valence-corrected chi connectivity index (χ0v) is 52.0. The topological polar surface area (TPSA) is 6.48 Å². The minimum absolute atomic E-state index is 1.14. The van der Waals surface area contributed by atoms with Gasteiger partial charge in [-0.2, -0.15) is 0 Å². The van der Waals surface area contributed by atoms with E-state index in [1.165, 1.54) is 397 Å². The summed E-state index contributed by atoms with van der Waals surface area (Å²) in [7, 11) is 0. The smallest absolute Gasteiger partial charge is 0.0233 e. The number of benzene rings is 1. The molecule has 1 rings (SSSR count). The van der Waals surface area contributed by atoms with E-state index in [4.69, 9.17) is 0 Å². The fourth-order valence-corrected chi connectivity index (χ4v) is 11.9. The first-order chi connectivity index (χ1) is 36.7. The molecule has 0 fully saturated rings. The highest BCUT2D eigenvalue weighted by atomic mass is 15.1. The maximum Gasteiger partial charge on any atom is 0.0233 e. The van der Waals surface area contributed by atoms with E-state index < -0.39 is 0 Å². The molecule has 0 saturated carbocycles. The molecule has 0 amide bonds. The molecule has 0 spiro atoms. The SMILES string of the molecule is CCCCCCCCCCCCCCCCN(CCCCCCCCCCCCCCCC)Cc1ccc(CN(CCCCCCCCCCCCCCCC)CCCCCCCCCCCCCCCC)cc1. The second kappa shape index (κ2) is 61.4. The molecular weight excluding hydrogens is 893 g/mol. The molecule has 0 bridgehead atoms. The van der Waals surface area contributed by atoms with Gasteiger partial charge in [-0.05, 0) is 63.0 Å². The second-order valence-corrected chi connectivity index (χ2v) is 24.8. The molecule has 0 aliphatic rings. The predicted molar refractivity (Wildman–Crippen MR) is 338 cm³/mol. The van der Waals surface area contributed by atoms with Crippen LogP contribution < -0.4 is 0 Å². The van der Waals surface area contributed by atoms with Crippen molar-refractivity contribution in [2.24, 2.45) is 0 Å². The van der Waals surface area contributed by atoms with Crippen LogP contribution in [-0.2, 0) is 13.1 Å². The number of nitrogens with zero attached hydrogens (tertiary/aromatic N) is 2. The van der Waals surface area contributed by atoms with Gasteiger partial charge in [0, 0.05) is 13.1 Å². The lowest BCUT2D eigenvalue weighted by molar-refractivity contribution is 0.250. The number of hydrogen-bond donors (Lipinski definition) is 0. The molecule has 0 unspecified atom stereocenters. The lowest BCUT2D eigenvalue weighted by atomic mass is 10.0. The van der Waals surface area contributed by atoms with Crippen molar-refractivity contribution in [3.8, 4) is 0 Å². The monoisotopic (exact) mass is 1030 g/mol. The van der Waals surface area contributed by atoms with Crippen LogP contribution >= 0.6 is 0 Å². The van der Waals surface area contributed by atoms with Crippen molar-refractivity contribution in [2.75, 3.05) is 26.2 Å². The fraction of sp³-hybridized carbons (Fsp3) is 0.917. The third-order valence-electron chi connectivity index (χ3n) is 17.1. The third-order valence-corrected chi connectivity index (χ3v) is 17.1. The van der Waals surface area contributed by atoms with E-state index in [0.717, 1.165) is 13.1 Å². The van der Waals surface area contributed by atoms with Gasteiger partial charge in [-0.3, -0.25) is 9.80 Å². The molecule has 0 atom stereocenters. The largest absolute Gasteiger partial charge is 0.299 e. The van der Waals surface area contributed by atoms with Crippen LogP contribution in [0, 0.1) is 0 Å². The van der Waals surface area contributed by atoms with Crippen LogP contribution in [0.15, 0.2) is 24.3 Å². The van der Waals surface area contributed by atoms with E-state index in [1.807, 2.05) is 0 Å². The van der Waals surface area contributed by atoms with Crippen LogP contribution in [0.5, 0.6) is 0 Å². The number of unbranched alkanes of at least 4 members (excludes halogenated alkanes) is 52. The number of rotatable bonds is 64. The third kappa shape index (κ3) is 53.2. The second-order valence-electron chi connectivity index (χ2n) is 24.8. The highest BCUT2D eigenvalue weighted by Crippen LogP contribution is 2.20. The first kappa shape index (κ1) is 71.2. The Balaban J connectivity index is 2.60. The van der Waals surface area contributed by atoms with Crippen LogP contribution in [-0.4, -0.2) is 36.0 Å². The van der Waals surface area contributed by atoms with Crippen molar-refractivity contribution >= 4 is 0 Å². The molecule has 0 aromatic heterocycles. The zero-order chi connectivity index (χ0) is 53.0. The van der Waals surface area contributed by atoms with E-state index in [2.05, 4.69) is 61.8 Å². The molecule has 2 nitrogen and oxygen atoms in total. The van der Waals surface area contributed by atoms with Crippen molar-refractivity contribution in [3.05, 3.63) is 35.4 Å². The molecular formula is C72H140N2. The Labute approximate surface area is 469 Å². The van der Waals surface area contributed by atoms with Gasteiger partial charge in [-0.15, -0.1) is 0 Å².